The molecule has 2 nitrogen and oxygen atoms in total. The first-order valence-electron chi connectivity index (χ1n) is 4.56. The molecule has 5 heteroatoms. The summed E-state index contributed by atoms with van der Waals surface area (Å²) in [6.07, 6.45) is 2.71. The zero-order chi connectivity index (χ0) is 11.3. The predicted octanol–water partition coefficient (Wildman–Crippen LogP) is 2.22. The van der Waals surface area contributed by atoms with Crippen molar-refractivity contribution >= 4 is 23.4 Å². The minimum Gasteiger partial charge on any atom is -0.271 e. The average Bonchev–Trinajstić information content (AvgIpc) is 2.23. The molecule has 0 fully saturated rings. The van der Waals surface area contributed by atoms with Crippen molar-refractivity contribution in [3.63, 3.8) is 0 Å². The molecule has 0 radical (unpaired) electrons. The van der Waals surface area contributed by atoms with Gasteiger partial charge in [0.05, 0.1) is 5.02 Å². The lowest BCUT2D eigenvalue weighted by Crippen LogP contribution is -2.38. The van der Waals surface area contributed by atoms with Crippen molar-refractivity contribution in [1.82, 2.24) is 5.43 Å². The summed E-state index contributed by atoms with van der Waals surface area (Å²) < 4.78 is 13.1. The monoisotopic (exact) mass is 248 g/mol. The van der Waals surface area contributed by atoms with Gasteiger partial charge in [-0.05, 0) is 30.4 Å². The van der Waals surface area contributed by atoms with E-state index in [1.54, 1.807) is 17.8 Å². The van der Waals surface area contributed by atoms with Gasteiger partial charge in [-0.15, -0.1) is 0 Å². The Bertz CT molecular complexity index is 322. The second-order valence-electron chi connectivity index (χ2n) is 3.27. The molecule has 15 heavy (non-hydrogen) atoms. The van der Waals surface area contributed by atoms with Gasteiger partial charge in [-0.2, -0.15) is 11.8 Å². The van der Waals surface area contributed by atoms with Crippen molar-refractivity contribution in [1.29, 1.82) is 0 Å². The lowest BCUT2D eigenvalue weighted by Gasteiger charge is -2.14. The van der Waals surface area contributed by atoms with Crippen LogP contribution in [0.5, 0.6) is 0 Å². The van der Waals surface area contributed by atoms with E-state index < -0.39 is 0 Å². The van der Waals surface area contributed by atoms with Crippen LogP contribution in [0.3, 0.4) is 0 Å². The fraction of sp³-hybridized carbons (Fsp3) is 0.400. The van der Waals surface area contributed by atoms with Gasteiger partial charge in [-0.25, -0.2) is 4.39 Å². The van der Waals surface area contributed by atoms with Crippen LogP contribution in [0.25, 0.3) is 0 Å². The van der Waals surface area contributed by atoms with E-state index in [2.05, 4.69) is 5.43 Å². The molecule has 0 spiro atoms. The highest BCUT2D eigenvalue weighted by Crippen LogP contribution is 2.17. The minimum absolute atomic E-state index is 0.153. The molecule has 1 rings (SSSR count). The molecular weight excluding hydrogens is 235 g/mol. The molecule has 0 aliphatic rings. The highest BCUT2D eigenvalue weighted by molar-refractivity contribution is 7.98. The summed E-state index contributed by atoms with van der Waals surface area (Å²) in [7, 11) is 0. The van der Waals surface area contributed by atoms with E-state index in [4.69, 9.17) is 17.4 Å². The molecule has 3 N–H and O–H groups in total. The number of hydrazine groups is 1. The van der Waals surface area contributed by atoms with Crippen molar-refractivity contribution < 1.29 is 4.39 Å². The Labute approximate surface area is 98.3 Å². The van der Waals surface area contributed by atoms with Crippen LogP contribution >= 0.6 is 23.4 Å². The number of hydrogen-bond acceptors (Lipinski definition) is 3. The van der Waals surface area contributed by atoms with E-state index >= 15 is 0 Å². The van der Waals surface area contributed by atoms with Crippen molar-refractivity contribution in [3.8, 4) is 0 Å². The number of rotatable bonds is 5. The van der Waals surface area contributed by atoms with Crippen molar-refractivity contribution in [2.24, 2.45) is 5.84 Å². The summed E-state index contributed by atoms with van der Waals surface area (Å²) in [5.74, 6) is 5.90. The third-order valence-electron chi connectivity index (χ3n) is 2.07. The summed E-state index contributed by atoms with van der Waals surface area (Å²) in [5.41, 5.74) is 3.61. The molecule has 0 saturated carbocycles. The maximum absolute atomic E-state index is 13.1. The highest BCUT2D eigenvalue weighted by atomic mass is 35.5. The number of nitrogens with two attached hydrogens (primary N) is 1. The first kappa shape index (κ1) is 12.8. The van der Waals surface area contributed by atoms with Gasteiger partial charge in [-0.1, -0.05) is 17.7 Å². The molecule has 1 aromatic rings. The minimum atomic E-state index is -0.380. The number of halogens is 2. The van der Waals surface area contributed by atoms with Crippen LogP contribution in [0.2, 0.25) is 5.02 Å². The van der Waals surface area contributed by atoms with Crippen LogP contribution in [0.15, 0.2) is 18.2 Å². The second kappa shape index (κ2) is 6.33. The average molecular weight is 249 g/mol. The Morgan fingerprint density at radius 2 is 2.33 bits per heavy atom. The van der Waals surface area contributed by atoms with Gasteiger partial charge >= 0.3 is 0 Å². The Hall–Kier alpha value is -0.290. The molecule has 0 aliphatic heterocycles. The van der Waals surface area contributed by atoms with Crippen molar-refractivity contribution in [3.05, 3.63) is 34.6 Å². The van der Waals surface area contributed by atoms with Crippen LogP contribution in [0.4, 0.5) is 4.39 Å². The molecule has 1 unspecified atom stereocenters. The normalized spacial score (nSPS) is 12.8. The third-order valence-corrected chi connectivity index (χ3v) is 3.11. The first-order chi connectivity index (χ1) is 7.17. The molecule has 0 aliphatic carbocycles. The predicted molar refractivity (Wildman–Crippen MR) is 64.6 cm³/mol. The Balaban J connectivity index is 2.66. The maximum Gasteiger partial charge on any atom is 0.142 e. The van der Waals surface area contributed by atoms with Crippen molar-refractivity contribution in [2.45, 2.75) is 12.5 Å². The molecule has 0 aromatic heterocycles. The van der Waals surface area contributed by atoms with E-state index in [0.29, 0.717) is 6.42 Å². The Morgan fingerprint density at radius 3 is 2.87 bits per heavy atom. The fourth-order valence-electron chi connectivity index (χ4n) is 1.32. The topological polar surface area (TPSA) is 38.0 Å². The molecule has 0 amide bonds. The van der Waals surface area contributed by atoms with Gasteiger partial charge in [0, 0.05) is 11.8 Å². The summed E-state index contributed by atoms with van der Waals surface area (Å²) in [6.45, 7) is 0. The number of nitrogens with one attached hydrogen (secondary N) is 1. The number of thioether (sulfide) groups is 1. The van der Waals surface area contributed by atoms with E-state index in [9.17, 15) is 4.39 Å². The SMILES string of the molecule is CSCC(Cc1ccc(Cl)c(F)c1)NN. The van der Waals surface area contributed by atoms with E-state index in [0.717, 1.165) is 11.3 Å². The first-order valence-corrected chi connectivity index (χ1v) is 6.33. The third kappa shape index (κ3) is 3.99. The van der Waals surface area contributed by atoms with Crippen LogP contribution in [-0.4, -0.2) is 18.1 Å². The van der Waals surface area contributed by atoms with Crippen LogP contribution in [0.1, 0.15) is 5.56 Å². The molecule has 0 saturated heterocycles. The Kier molecular flexibility index (Phi) is 5.39. The quantitative estimate of drug-likeness (QED) is 0.620. The van der Waals surface area contributed by atoms with E-state index in [-0.39, 0.29) is 16.9 Å². The zero-order valence-corrected chi connectivity index (χ0v) is 10.0. The largest absolute Gasteiger partial charge is 0.271 e. The fourth-order valence-corrected chi connectivity index (χ4v) is 2.05. The van der Waals surface area contributed by atoms with Crippen LogP contribution in [0, 0.1) is 5.82 Å². The van der Waals surface area contributed by atoms with Crippen molar-refractivity contribution in [2.75, 3.05) is 12.0 Å². The standard InChI is InChI=1S/C10H14ClFN2S/c1-15-6-8(14-13)4-7-2-3-9(11)10(12)5-7/h2-3,5,8,14H,4,6,13H2,1H3. The molecule has 0 bridgehead atoms. The Morgan fingerprint density at radius 1 is 1.60 bits per heavy atom. The maximum atomic E-state index is 13.1. The summed E-state index contributed by atoms with van der Waals surface area (Å²) in [4.78, 5) is 0. The number of benzene rings is 1. The second-order valence-corrected chi connectivity index (χ2v) is 4.59. The lowest BCUT2D eigenvalue weighted by molar-refractivity contribution is 0.571. The van der Waals surface area contributed by atoms with Gasteiger partial charge in [0.25, 0.3) is 0 Å². The smallest absolute Gasteiger partial charge is 0.142 e. The lowest BCUT2D eigenvalue weighted by atomic mass is 10.1. The zero-order valence-electron chi connectivity index (χ0n) is 8.47. The van der Waals surface area contributed by atoms with Gasteiger partial charge in [0.2, 0.25) is 0 Å². The van der Waals surface area contributed by atoms with Gasteiger partial charge < -0.3 is 0 Å². The van der Waals surface area contributed by atoms with Gasteiger partial charge in [-0.3, -0.25) is 11.3 Å². The summed E-state index contributed by atoms with van der Waals surface area (Å²) in [6, 6.07) is 4.99. The molecule has 0 heterocycles. The molecule has 84 valence electrons. The van der Waals surface area contributed by atoms with Gasteiger partial charge in [0.1, 0.15) is 5.82 Å². The summed E-state index contributed by atoms with van der Waals surface area (Å²) >= 11 is 7.29. The van der Waals surface area contributed by atoms with Crippen LogP contribution in [-0.2, 0) is 6.42 Å². The molecule has 1 aromatic carbocycles. The van der Waals surface area contributed by atoms with E-state index in [1.807, 2.05) is 12.3 Å². The molecule has 1 atom stereocenters. The van der Waals surface area contributed by atoms with E-state index in [1.165, 1.54) is 6.07 Å². The number of hydrogen-bond donors (Lipinski definition) is 2. The van der Waals surface area contributed by atoms with Crippen LogP contribution < -0.4 is 11.3 Å². The van der Waals surface area contributed by atoms with Gasteiger partial charge in [0.15, 0.2) is 0 Å². The molecular formula is C10H14ClFN2S. The highest BCUT2D eigenvalue weighted by Gasteiger charge is 2.08. The summed E-state index contributed by atoms with van der Waals surface area (Å²) in [5, 5.41) is 0.154.